The Kier molecular flexibility index (Phi) is 9.09. The van der Waals surface area contributed by atoms with E-state index in [0.29, 0.717) is 6.04 Å². The molecule has 2 unspecified atom stereocenters. The van der Waals surface area contributed by atoms with E-state index in [-0.39, 0.29) is 11.9 Å². The highest BCUT2D eigenvalue weighted by molar-refractivity contribution is 5.81. The molecule has 4 heteroatoms. The maximum absolute atomic E-state index is 11.7. The number of hydrogen-bond acceptors (Lipinski definition) is 3. The first kappa shape index (κ1) is 16.4. The summed E-state index contributed by atoms with van der Waals surface area (Å²) < 4.78 is 0. The number of nitrogens with one attached hydrogen (secondary N) is 2. The first-order valence-electron chi connectivity index (χ1n) is 6.65. The van der Waals surface area contributed by atoms with E-state index in [0.717, 1.165) is 19.5 Å². The average Bonchev–Trinajstić information content (AvgIpc) is 2.22. The normalized spacial score (nSPS) is 14.7. The molecule has 4 nitrogen and oxygen atoms in total. The minimum Gasteiger partial charge on any atom is -0.355 e. The van der Waals surface area contributed by atoms with Crippen molar-refractivity contribution in [1.82, 2.24) is 15.5 Å². The number of amides is 1. The second-order valence-corrected chi connectivity index (χ2v) is 5.05. The predicted octanol–water partition coefficient (Wildman–Crippen LogP) is 1.22. The van der Waals surface area contributed by atoms with Crippen molar-refractivity contribution in [1.29, 1.82) is 0 Å². The van der Waals surface area contributed by atoms with Crippen molar-refractivity contribution < 1.29 is 4.79 Å². The summed E-state index contributed by atoms with van der Waals surface area (Å²) in [5.74, 6) is 0.103. The Morgan fingerprint density at radius 2 is 1.88 bits per heavy atom. The summed E-state index contributed by atoms with van der Waals surface area (Å²) in [6, 6.07) is 0.202. The van der Waals surface area contributed by atoms with E-state index in [1.54, 1.807) is 0 Å². The van der Waals surface area contributed by atoms with Gasteiger partial charge >= 0.3 is 0 Å². The molecule has 0 spiro atoms. The van der Waals surface area contributed by atoms with Crippen molar-refractivity contribution in [3.05, 3.63) is 0 Å². The maximum atomic E-state index is 11.7. The molecule has 0 bridgehead atoms. The van der Waals surface area contributed by atoms with E-state index in [4.69, 9.17) is 0 Å². The van der Waals surface area contributed by atoms with Crippen molar-refractivity contribution in [2.45, 2.75) is 52.1 Å². The maximum Gasteiger partial charge on any atom is 0.236 e. The van der Waals surface area contributed by atoms with Crippen LogP contribution < -0.4 is 10.6 Å². The monoisotopic (exact) mass is 243 g/mol. The number of likely N-dealkylation sites (N-methyl/N-ethyl adjacent to an activating group) is 1. The Labute approximate surface area is 106 Å². The van der Waals surface area contributed by atoms with Crippen LogP contribution in [-0.2, 0) is 4.79 Å². The van der Waals surface area contributed by atoms with E-state index < -0.39 is 0 Å². The van der Waals surface area contributed by atoms with Crippen LogP contribution in [0.1, 0.15) is 40.0 Å². The standard InChI is InChI=1S/C13H29N3O/c1-6-7-8-9-14-13(17)12(3)15-11(2)10-16(4)5/h11-12,15H,6-10H2,1-5H3,(H,14,17). The molecule has 0 saturated heterocycles. The number of carbonyl (C=O) groups excluding carboxylic acids is 1. The zero-order chi connectivity index (χ0) is 13.3. The van der Waals surface area contributed by atoms with Gasteiger partial charge in [0, 0.05) is 19.1 Å². The summed E-state index contributed by atoms with van der Waals surface area (Å²) in [5, 5.41) is 6.26. The van der Waals surface area contributed by atoms with Crippen LogP contribution in [0.2, 0.25) is 0 Å². The van der Waals surface area contributed by atoms with Gasteiger partial charge in [0.15, 0.2) is 0 Å². The molecule has 2 atom stereocenters. The third kappa shape index (κ3) is 9.12. The molecule has 0 saturated carbocycles. The van der Waals surface area contributed by atoms with Crippen molar-refractivity contribution in [3.63, 3.8) is 0 Å². The van der Waals surface area contributed by atoms with Crippen molar-refractivity contribution in [2.24, 2.45) is 0 Å². The number of hydrogen-bond donors (Lipinski definition) is 2. The molecule has 0 aliphatic heterocycles. The van der Waals surface area contributed by atoms with Gasteiger partial charge in [-0.3, -0.25) is 4.79 Å². The molecule has 0 aliphatic carbocycles. The summed E-state index contributed by atoms with van der Waals surface area (Å²) in [7, 11) is 4.07. The molecule has 0 aromatic heterocycles. The average molecular weight is 243 g/mol. The fourth-order valence-corrected chi connectivity index (χ4v) is 1.84. The van der Waals surface area contributed by atoms with Crippen LogP contribution >= 0.6 is 0 Å². The molecule has 0 aromatic rings. The number of nitrogens with zero attached hydrogens (tertiary/aromatic N) is 1. The van der Waals surface area contributed by atoms with Crippen molar-refractivity contribution >= 4 is 5.91 Å². The van der Waals surface area contributed by atoms with E-state index in [2.05, 4.69) is 29.4 Å². The molecule has 17 heavy (non-hydrogen) atoms. The first-order chi connectivity index (χ1) is 7.97. The van der Waals surface area contributed by atoms with Crippen molar-refractivity contribution in [2.75, 3.05) is 27.2 Å². The highest BCUT2D eigenvalue weighted by Gasteiger charge is 2.14. The fourth-order valence-electron chi connectivity index (χ4n) is 1.84. The zero-order valence-electron chi connectivity index (χ0n) is 12.0. The second-order valence-electron chi connectivity index (χ2n) is 5.05. The molecule has 2 N–H and O–H groups in total. The highest BCUT2D eigenvalue weighted by Crippen LogP contribution is 1.93. The SMILES string of the molecule is CCCCCNC(=O)C(C)NC(C)CN(C)C. The lowest BCUT2D eigenvalue weighted by atomic mass is 10.2. The van der Waals surface area contributed by atoms with Crippen LogP contribution in [0.25, 0.3) is 0 Å². The smallest absolute Gasteiger partial charge is 0.236 e. The Hall–Kier alpha value is -0.610. The van der Waals surface area contributed by atoms with Gasteiger partial charge in [-0.2, -0.15) is 0 Å². The van der Waals surface area contributed by atoms with E-state index in [1.165, 1.54) is 12.8 Å². The van der Waals surface area contributed by atoms with Crippen LogP contribution in [0.15, 0.2) is 0 Å². The van der Waals surface area contributed by atoms with Gasteiger partial charge in [0.05, 0.1) is 6.04 Å². The molecule has 0 aliphatic rings. The summed E-state index contributed by atoms with van der Waals surface area (Å²) in [5.41, 5.74) is 0. The number of carbonyl (C=O) groups is 1. The molecule has 0 fully saturated rings. The van der Waals surface area contributed by atoms with Crippen LogP contribution in [0, 0.1) is 0 Å². The largest absolute Gasteiger partial charge is 0.355 e. The molecule has 1 amide bonds. The molecule has 0 rings (SSSR count). The lowest BCUT2D eigenvalue weighted by molar-refractivity contribution is -0.122. The minimum absolute atomic E-state index is 0.103. The second kappa shape index (κ2) is 9.42. The summed E-state index contributed by atoms with van der Waals surface area (Å²) in [6.45, 7) is 7.91. The van der Waals surface area contributed by atoms with Gasteiger partial charge < -0.3 is 15.5 Å². The quantitative estimate of drug-likeness (QED) is 0.599. The Morgan fingerprint density at radius 3 is 2.41 bits per heavy atom. The lowest BCUT2D eigenvalue weighted by Crippen LogP contribution is -2.48. The van der Waals surface area contributed by atoms with Gasteiger partial charge in [0.2, 0.25) is 5.91 Å². The number of rotatable bonds is 9. The summed E-state index contributed by atoms with van der Waals surface area (Å²) in [6.07, 6.45) is 3.44. The van der Waals surface area contributed by atoms with Crippen LogP contribution in [-0.4, -0.2) is 50.1 Å². The molecule has 0 radical (unpaired) electrons. The van der Waals surface area contributed by atoms with Gasteiger partial charge in [-0.05, 0) is 34.4 Å². The molecular formula is C13H29N3O. The van der Waals surface area contributed by atoms with Gasteiger partial charge in [-0.15, -0.1) is 0 Å². The fraction of sp³-hybridized carbons (Fsp3) is 0.923. The molecule has 0 aromatic carbocycles. The molecular weight excluding hydrogens is 214 g/mol. The van der Waals surface area contributed by atoms with Crippen LogP contribution in [0.3, 0.4) is 0 Å². The summed E-state index contributed by atoms with van der Waals surface area (Å²) >= 11 is 0. The zero-order valence-corrected chi connectivity index (χ0v) is 12.0. The van der Waals surface area contributed by atoms with Crippen LogP contribution in [0.5, 0.6) is 0 Å². The van der Waals surface area contributed by atoms with Crippen molar-refractivity contribution in [3.8, 4) is 0 Å². The van der Waals surface area contributed by atoms with E-state index in [1.807, 2.05) is 21.0 Å². The number of unbranched alkanes of at least 4 members (excludes halogenated alkanes) is 2. The Balaban J connectivity index is 3.73. The Morgan fingerprint density at radius 1 is 1.24 bits per heavy atom. The van der Waals surface area contributed by atoms with E-state index >= 15 is 0 Å². The first-order valence-corrected chi connectivity index (χ1v) is 6.65. The summed E-state index contributed by atoms with van der Waals surface area (Å²) in [4.78, 5) is 13.9. The minimum atomic E-state index is -0.119. The van der Waals surface area contributed by atoms with Gasteiger partial charge in [0.1, 0.15) is 0 Å². The van der Waals surface area contributed by atoms with Crippen LogP contribution in [0.4, 0.5) is 0 Å². The highest BCUT2D eigenvalue weighted by atomic mass is 16.2. The third-order valence-electron chi connectivity index (χ3n) is 2.65. The Bertz CT molecular complexity index is 207. The third-order valence-corrected chi connectivity index (χ3v) is 2.65. The molecule has 102 valence electrons. The lowest BCUT2D eigenvalue weighted by Gasteiger charge is -2.22. The van der Waals surface area contributed by atoms with E-state index in [9.17, 15) is 4.79 Å². The van der Waals surface area contributed by atoms with Gasteiger partial charge in [0.25, 0.3) is 0 Å². The van der Waals surface area contributed by atoms with Gasteiger partial charge in [-0.1, -0.05) is 19.8 Å². The predicted molar refractivity (Wildman–Crippen MR) is 73.1 cm³/mol. The topological polar surface area (TPSA) is 44.4 Å². The molecule has 0 heterocycles. The van der Waals surface area contributed by atoms with Gasteiger partial charge in [-0.25, -0.2) is 0 Å².